The third kappa shape index (κ3) is 6.97. The first-order valence-corrected chi connectivity index (χ1v) is 11.8. The van der Waals surface area contributed by atoms with Gasteiger partial charge >= 0.3 is 0 Å². The van der Waals surface area contributed by atoms with Gasteiger partial charge in [-0.2, -0.15) is 5.10 Å². The molecule has 2 rings (SSSR count). The summed E-state index contributed by atoms with van der Waals surface area (Å²) in [6, 6.07) is 6.97. The van der Waals surface area contributed by atoms with E-state index in [9.17, 15) is 9.59 Å². The van der Waals surface area contributed by atoms with Crippen molar-refractivity contribution in [1.82, 2.24) is 14.7 Å². The molecule has 0 aliphatic heterocycles. The first kappa shape index (κ1) is 26.2. The Balaban J connectivity index is 2.27. The Kier molecular flexibility index (Phi) is 9.17. The standard InChI is InChI=1S/C24H34Cl2N4O2/c1-7-8-9-10-23(32)29(16(2)3)15-22(31)27-21-14-20(24(4,5)6)28-30(21)17-11-12-18(25)19(26)13-17/h11-14,16H,7-10,15H2,1-6H3,(H,27,31). The Labute approximate surface area is 201 Å². The molecule has 2 aromatic rings. The van der Waals surface area contributed by atoms with E-state index in [1.807, 2.05) is 19.9 Å². The lowest BCUT2D eigenvalue weighted by Crippen LogP contribution is -2.42. The number of benzene rings is 1. The fourth-order valence-corrected chi connectivity index (χ4v) is 3.51. The van der Waals surface area contributed by atoms with Gasteiger partial charge in [-0.15, -0.1) is 0 Å². The maximum atomic E-state index is 12.9. The first-order valence-electron chi connectivity index (χ1n) is 11.1. The zero-order chi connectivity index (χ0) is 24.1. The molecule has 0 aliphatic carbocycles. The third-order valence-electron chi connectivity index (χ3n) is 5.14. The molecule has 0 bridgehead atoms. The maximum Gasteiger partial charge on any atom is 0.245 e. The summed E-state index contributed by atoms with van der Waals surface area (Å²) in [6.45, 7) is 12.1. The Hall–Kier alpha value is -2.05. The summed E-state index contributed by atoms with van der Waals surface area (Å²) in [4.78, 5) is 27.2. The lowest BCUT2D eigenvalue weighted by Gasteiger charge is -2.26. The van der Waals surface area contributed by atoms with Crippen LogP contribution >= 0.6 is 23.2 Å². The topological polar surface area (TPSA) is 67.2 Å². The van der Waals surface area contributed by atoms with Crippen LogP contribution in [-0.4, -0.2) is 39.1 Å². The summed E-state index contributed by atoms with van der Waals surface area (Å²) in [6.07, 6.45) is 3.33. The molecule has 0 saturated carbocycles. The monoisotopic (exact) mass is 480 g/mol. The molecule has 0 fully saturated rings. The van der Waals surface area contributed by atoms with Crippen molar-refractivity contribution in [2.24, 2.45) is 0 Å². The minimum Gasteiger partial charge on any atom is -0.331 e. The van der Waals surface area contributed by atoms with E-state index in [4.69, 9.17) is 28.3 Å². The lowest BCUT2D eigenvalue weighted by molar-refractivity contribution is -0.136. The van der Waals surface area contributed by atoms with Crippen LogP contribution in [0.25, 0.3) is 5.69 Å². The van der Waals surface area contributed by atoms with Gasteiger partial charge in [0.05, 0.1) is 21.4 Å². The average Bonchev–Trinajstić information content (AvgIpc) is 3.12. The molecule has 1 aromatic carbocycles. The van der Waals surface area contributed by atoms with Crippen molar-refractivity contribution >= 4 is 40.8 Å². The summed E-state index contributed by atoms with van der Waals surface area (Å²) in [5, 5.41) is 8.47. The number of nitrogens with zero attached hydrogens (tertiary/aromatic N) is 3. The quantitative estimate of drug-likeness (QED) is 0.432. The molecule has 176 valence electrons. The van der Waals surface area contributed by atoms with E-state index < -0.39 is 0 Å². The molecular weight excluding hydrogens is 447 g/mol. The number of anilines is 1. The predicted molar refractivity (Wildman–Crippen MR) is 132 cm³/mol. The van der Waals surface area contributed by atoms with E-state index in [2.05, 4.69) is 33.0 Å². The molecule has 6 nitrogen and oxygen atoms in total. The van der Waals surface area contributed by atoms with Crippen LogP contribution in [0.4, 0.5) is 5.82 Å². The predicted octanol–water partition coefficient (Wildman–Crippen LogP) is 6.23. The Morgan fingerprint density at radius 2 is 1.81 bits per heavy atom. The fourth-order valence-electron chi connectivity index (χ4n) is 3.22. The summed E-state index contributed by atoms with van der Waals surface area (Å²) in [5.41, 5.74) is 1.27. The normalized spacial score (nSPS) is 11.7. The van der Waals surface area contributed by atoms with E-state index in [-0.39, 0.29) is 29.8 Å². The summed E-state index contributed by atoms with van der Waals surface area (Å²) >= 11 is 12.3. The van der Waals surface area contributed by atoms with Gasteiger partial charge in [0.2, 0.25) is 11.8 Å². The molecule has 0 unspecified atom stereocenters. The highest BCUT2D eigenvalue weighted by atomic mass is 35.5. The highest BCUT2D eigenvalue weighted by Gasteiger charge is 2.24. The summed E-state index contributed by atoms with van der Waals surface area (Å²) in [7, 11) is 0. The zero-order valence-electron chi connectivity index (χ0n) is 19.8. The smallest absolute Gasteiger partial charge is 0.245 e. The van der Waals surface area contributed by atoms with Crippen LogP contribution in [0.5, 0.6) is 0 Å². The van der Waals surface area contributed by atoms with E-state index in [1.165, 1.54) is 0 Å². The van der Waals surface area contributed by atoms with Gasteiger partial charge in [0.25, 0.3) is 0 Å². The van der Waals surface area contributed by atoms with Crippen LogP contribution in [0.3, 0.4) is 0 Å². The Bertz CT molecular complexity index is 948. The largest absolute Gasteiger partial charge is 0.331 e. The Morgan fingerprint density at radius 1 is 1.12 bits per heavy atom. The van der Waals surface area contributed by atoms with Gasteiger partial charge in [-0.1, -0.05) is 63.7 Å². The van der Waals surface area contributed by atoms with Gasteiger partial charge in [0.1, 0.15) is 12.4 Å². The summed E-state index contributed by atoms with van der Waals surface area (Å²) in [5.74, 6) is 0.238. The van der Waals surface area contributed by atoms with Crippen LogP contribution in [0.1, 0.15) is 72.9 Å². The highest BCUT2D eigenvalue weighted by molar-refractivity contribution is 6.42. The van der Waals surface area contributed by atoms with Crippen LogP contribution < -0.4 is 5.32 Å². The maximum absolute atomic E-state index is 12.9. The van der Waals surface area contributed by atoms with Crippen molar-refractivity contribution in [3.63, 3.8) is 0 Å². The number of hydrogen-bond acceptors (Lipinski definition) is 3. The molecule has 2 amide bonds. The molecule has 0 radical (unpaired) electrons. The van der Waals surface area contributed by atoms with Crippen molar-refractivity contribution in [3.8, 4) is 5.69 Å². The second-order valence-electron chi connectivity index (χ2n) is 9.30. The fraction of sp³-hybridized carbons (Fsp3) is 0.542. The minimum absolute atomic E-state index is 0.00280. The van der Waals surface area contributed by atoms with Gasteiger partial charge in [0.15, 0.2) is 0 Å². The minimum atomic E-state index is -0.274. The van der Waals surface area contributed by atoms with Gasteiger partial charge in [-0.25, -0.2) is 4.68 Å². The second-order valence-corrected chi connectivity index (χ2v) is 10.1. The van der Waals surface area contributed by atoms with E-state index in [0.717, 1.165) is 25.0 Å². The van der Waals surface area contributed by atoms with Gasteiger partial charge in [-0.3, -0.25) is 9.59 Å². The van der Waals surface area contributed by atoms with Crippen molar-refractivity contribution in [2.75, 3.05) is 11.9 Å². The van der Waals surface area contributed by atoms with Gasteiger partial charge in [0, 0.05) is 23.9 Å². The molecule has 8 heteroatoms. The molecule has 0 spiro atoms. The van der Waals surface area contributed by atoms with Crippen molar-refractivity contribution < 1.29 is 9.59 Å². The van der Waals surface area contributed by atoms with Crippen LogP contribution in [0.15, 0.2) is 24.3 Å². The number of amides is 2. The van der Waals surface area contributed by atoms with Gasteiger partial charge in [-0.05, 0) is 38.5 Å². The van der Waals surface area contributed by atoms with Gasteiger partial charge < -0.3 is 10.2 Å². The number of hydrogen-bond donors (Lipinski definition) is 1. The molecule has 1 aromatic heterocycles. The zero-order valence-corrected chi connectivity index (χ0v) is 21.3. The van der Waals surface area contributed by atoms with E-state index in [1.54, 1.807) is 27.8 Å². The molecule has 1 N–H and O–H groups in total. The molecule has 1 heterocycles. The number of nitrogens with one attached hydrogen (secondary N) is 1. The molecule has 0 atom stereocenters. The average molecular weight is 481 g/mol. The van der Waals surface area contributed by atoms with Crippen LogP contribution in [0.2, 0.25) is 10.0 Å². The first-order chi connectivity index (χ1) is 14.9. The number of rotatable bonds is 9. The molecule has 0 aliphatic rings. The second kappa shape index (κ2) is 11.2. The molecular formula is C24H34Cl2N4O2. The van der Waals surface area contributed by atoms with E-state index in [0.29, 0.717) is 28.0 Å². The number of halogens is 2. The van der Waals surface area contributed by atoms with Crippen LogP contribution in [-0.2, 0) is 15.0 Å². The SMILES string of the molecule is CCCCCC(=O)N(CC(=O)Nc1cc(C(C)(C)C)nn1-c1ccc(Cl)c(Cl)c1)C(C)C. The van der Waals surface area contributed by atoms with E-state index >= 15 is 0 Å². The van der Waals surface area contributed by atoms with Crippen LogP contribution in [0, 0.1) is 0 Å². The third-order valence-corrected chi connectivity index (χ3v) is 5.88. The van der Waals surface area contributed by atoms with Crippen molar-refractivity contribution in [2.45, 2.75) is 78.7 Å². The summed E-state index contributed by atoms with van der Waals surface area (Å²) < 4.78 is 1.64. The van der Waals surface area contributed by atoms with Crippen molar-refractivity contribution in [1.29, 1.82) is 0 Å². The van der Waals surface area contributed by atoms with Crippen molar-refractivity contribution in [3.05, 3.63) is 40.0 Å². The molecule has 0 saturated heterocycles. The molecule has 32 heavy (non-hydrogen) atoms. The number of carbonyl (C=O) groups is 2. The number of unbranched alkanes of at least 4 members (excludes halogenated alkanes) is 2. The highest BCUT2D eigenvalue weighted by Crippen LogP contribution is 2.29. The lowest BCUT2D eigenvalue weighted by atomic mass is 9.92. The number of carbonyl (C=O) groups excluding carboxylic acids is 2. The number of aromatic nitrogens is 2. The Morgan fingerprint density at radius 3 is 2.38 bits per heavy atom.